The molecule has 0 saturated heterocycles. The number of hydrogen-bond donors (Lipinski definition) is 2. The van der Waals surface area contributed by atoms with E-state index in [0.29, 0.717) is 0 Å². The number of nitrogens with one attached hydrogen (secondary N) is 2. The molecule has 17 heavy (non-hydrogen) atoms. The van der Waals surface area contributed by atoms with Crippen molar-refractivity contribution in [2.24, 2.45) is 0 Å². The molecule has 5 nitrogen and oxygen atoms in total. The zero-order valence-electron chi connectivity index (χ0n) is 11.8. The Morgan fingerprint density at radius 1 is 1.24 bits per heavy atom. The number of rotatable bonds is 5. The molecule has 0 atom stereocenters. The topological polar surface area (TPSA) is 61.4 Å². The molecule has 0 aliphatic heterocycles. The van der Waals surface area contributed by atoms with Crippen molar-refractivity contribution in [2.75, 3.05) is 20.1 Å². The molecule has 0 unspecified atom stereocenters. The summed E-state index contributed by atoms with van der Waals surface area (Å²) in [5.74, 6) is -0.217. The lowest BCUT2D eigenvalue weighted by Crippen LogP contribution is -2.46. The first-order valence-corrected chi connectivity index (χ1v) is 5.90. The van der Waals surface area contributed by atoms with Gasteiger partial charge in [-0.05, 0) is 34.6 Å². The quantitative estimate of drug-likeness (QED) is 0.733. The largest absolute Gasteiger partial charge is 0.352 e. The molecule has 0 aromatic carbocycles. The van der Waals surface area contributed by atoms with E-state index in [2.05, 4.69) is 10.6 Å². The van der Waals surface area contributed by atoms with E-state index in [4.69, 9.17) is 0 Å². The van der Waals surface area contributed by atoms with Gasteiger partial charge in [0.25, 0.3) is 0 Å². The smallest absolute Gasteiger partial charge is 0.239 e. The maximum Gasteiger partial charge on any atom is 0.239 e. The highest BCUT2D eigenvalue weighted by Gasteiger charge is 2.16. The summed E-state index contributed by atoms with van der Waals surface area (Å²) in [6, 6.07) is 0.0960. The van der Waals surface area contributed by atoms with E-state index in [1.165, 1.54) is 4.90 Å². The first-order chi connectivity index (χ1) is 7.61. The predicted octanol–water partition coefficient (Wildman–Crippen LogP) is 0.358. The van der Waals surface area contributed by atoms with Crippen molar-refractivity contribution in [1.29, 1.82) is 0 Å². The lowest BCUT2D eigenvalue weighted by molar-refractivity contribution is -0.134. The van der Waals surface area contributed by atoms with Gasteiger partial charge in [-0.25, -0.2) is 0 Å². The summed E-state index contributed by atoms with van der Waals surface area (Å²) in [5.41, 5.74) is -0.101. The van der Waals surface area contributed by atoms with Crippen molar-refractivity contribution in [3.05, 3.63) is 0 Å². The molecule has 0 aromatic rings. The first-order valence-electron chi connectivity index (χ1n) is 5.90. The summed E-state index contributed by atoms with van der Waals surface area (Å²) in [7, 11) is 1.63. The second-order valence-electron chi connectivity index (χ2n) is 5.58. The van der Waals surface area contributed by atoms with Crippen LogP contribution in [0.5, 0.6) is 0 Å². The van der Waals surface area contributed by atoms with Crippen LogP contribution in [0.2, 0.25) is 0 Å². The van der Waals surface area contributed by atoms with E-state index >= 15 is 0 Å². The Labute approximate surface area is 104 Å². The van der Waals surface area contributed by atoms with E-state index in [0.717, 1.165) is 0 Å². The third kappa shape index (κ3) is 8.68. The van der Waals surface area contributed by atoms with Crippen LogP contribution in [-0.2, 0) is 9.59 Å². The molecule has 0 fully saturated rings. The molecule has 0 radical (unpaired) electrons. The Morgan fingerprint density at radius 2 is 1.76 bits per heavy atom. The third-order valence-corrected chi connectivity index (χ3v) is 2.03. The van der Waals surface area contributed by atoms with E-state index in [9.17, 15) is 9.59 Å². The van der Waals surface area contributed by atoms with Crippen LogP contribution >= 0.6 is 0 Å². The molecule has 0 spiro atoms. The minimum atomic E-state index is -0.133. The molecule has 2 N–H and O–H groups in total. The minimum absolute atomic E-state index is 0.0844. The van der Waals surface area contributed by atoms with Gasteiger partial charge < -0.3 is 15.5 Å². The summed E-state index contributed by atoms with van der Waals surface area (Å²) >= 11 is 0. The minimum Gasteiger partial charge on any atom is -0.352 e. The van der Waals surface area contributed by atoms with Gasteiger partial charge in [-0.15, -0.1) is 0 Å². The summed E-state index contributed by atoms with van der Waals surface area (Å²) in [6.07, 6.45) is 0. The van der Waals surface area contributed by atoms with Gasteiger partial charge in [-0.1, -0.05) is 0 Å². The number of amides is 2. The Balaban J connectivity index is 4.02. The Bertz CT molecular complexity index is 269. The van der Waals surface area contributed by atoms with Crippen LogP contribution in [0.15, 0.2) is 0 Å². The second-order valence-corrected chi connectivity index (χ2v) is 5.58. The summed E-state index contributed by atoms with van der Waals surface area (Å²) in [5, 5.41) is 5.84. The van der Waals surface area contributed by atoms with Crippen LogP contribution in [0.3, 0.4) is 0 Å². The molecule has 0 heterocycles. The van der Waals surface area contributed by atoms with Crippen LogP contribution < -0.4 is 10.6 Å². The normalized spacial score (nSPS) is 11.5. The fourth-order valence-corrected chi connectivity index (χ4v) is 1.15. The van der Waals surface area contributed by atoms with Crippen molar-refractivity contribution in [2.45, 2.75) is 46.2 Å². The number of hydrogen-bond acceptors (Lipinski definition) is 3. The molecule has 0 aromatic heterocycles. The summed E-state index contributed by atoms with van der Waals surface area (Å²) < 4.78 is 0. The maximum absolute atomic E-state index is 11.7. The van der Waals surface area contributed by atoms with Gasteiger partial charge in [0.15, 0.2) is 0 Å². The van der Waals surface area contributed by atoms with Crippen molar-refractivity contribution in [3.8, 4) is 0 Å². The molecule has 0 saturated carbocycles. The number of likely N-dealkylation sites (N-methyl/N-ethyl adjacent to an activating group) is 1. The van der Waals surface area contributed by atoms with E-state index in [-0.39, 0.29) is 36.5 Å². The number of carbonyl (C=O) groups excluding carboxylic acids is 2. The molecule has 0 bridgehead atoms. The Morgan fingerprint density at radius 3 is 2.18 bits per heavy atom. The van der Waals surface area contributed by atoms with Gasteiger partial charge in [-0.2, -0.15) is 0 Å². The van der Waals surface area contributed by atoms with Gasteiger partial charge in [-0.3, -0.25) is 9.59 Å². The van der Waals surface area contributed by atoms with E-state index in [1.54, 1.807) is 7.05 Å². The molecule has 0 aliphatic carbocycles. The Kier molecular flexibility index (Phi) is 6.16. The monoisotopic (exact) mass is 243 g/mol. The lowest BCUT2D eigenvalue weighted by atomic mass is 10.1. The zero-order valence-corrected chi connectivity index (χ0v) is 11.8. The van der Waals surface area contributed by atoms with Crippen LogP contribution in [0.4, 0.5) is 0 Å². The summed E-state index contributed by atoms with van der Waals surface area (Å²) in [6.45, 7) is 10.1. The zero-order chi connectivity index (χ0) is 13.6. The fraction of sp³-hybridized carbons (Fsp3) is 0.833. The molecule has 5 heteroatoms. The van der Waals surface area contributed by atoms with Crippen LogP contribution in [0.1, 0.15) is 34.6 Å². The molecular weight excluding hydrogens is 218 g/mol. The highest BCUT2D eigenvalue weighted by atomic mass is 16.2. The van der Waals surface area contributed by atoms with Crippen molar-refractivity contribution < 1.29 is 9.59 Å². The standard InChI is InChI=1S/C12H25N3O2/c1-9(2)14-10(16)8-15(6)11(17)7-13-12(3,4)5/h9,13H,7-8H2,1-6H3,(H,14,16). The van der Waals surface area contributed by atoms with Gasteiger partial charge >= 0.3 is 0 Å². The van der Waals surface area contributed by atoms with Gasteiger partial charge in [0.2, 0.25) is 11.8 Å². The lowest BCUT2D eigenvalue weighted by Gasteiger charge is -2.23. The van der Waals surface area contributed by atoms with Crippen LogP contribution in [0.25, 0.3) is 0 Å². The third-order valence-electron chi connectivity index (χ3n) is 2.03. The second kappa shape index (κ2) is 6.59. The fourth-order valence-electron chi connectivity index (χ4n) is 1.15. The Hall–Kier alpha value is -1.10. The van der Waals surface area contributed by atoms with Crippen molar-refractivity contribution >= 4 is 11.8 Å². The van der Waals surface area contributed by atoms with Crippen molar-refractivity contribution in [1.82, 2.24) is 15.5 Å². The van der Waals surface area contributed by atoms with Crippen molar-refractivity contribution in [3.63, 3.8) is 0 Å². The molecular formula is C12H25N3O2. The molecule has 0 aliphatic rings. The SMILES string of the molecule is CC(C)NC(=O)CN(C)C(=O)CNC(C)(C)C. The summed E-state index contributed by atoms with van der Waals surface area (Å²) in [4.78, 5) is 24.6. The van der Waals surface area contributed by atoms with Gasteiger partial charge in [0, 0.05) is 18.6 Å². The van der Waals surface area contributed by atoms with Gasteiger partial charge in [0.1, 0.15) is 0 Å². The highest BCUT2D eigenvalue weighted by molar-refractivity contribution is 5.85. The predicted molar refractivity (Wildman–Crippen MR) is 68.7 cm³/mol. The van der Waals surface area contributed by atoms with Crippen LogP contribution in [0, 0.1) is 0 Å². The molecule has 100 valence electrons. The number of carbonyl (C=O) groups is 2. The van der Waals surface area contributed by atoms with Gasteiger partial charge in [0.05, 0.1) is 13.1 Å². The molecule has 0 rings (SSSR count). The van der Waals surface area contributed by atoms with E-state index in [1.807, 2.05) is 34.6 Å². The van der Waals surface area contributed by atoms with Crippen LogP contribution in [-0.4, -0.2) is 48.4 Å². The molecule has 2 amide bonds. The average molecular weight is 243 g/mol. The van der Waals surface area contributed by atoms with E-state index < -0.39 is 0 Å². The maximum atomic E-state index is 11.7. The first kappa shape index (κ1) is 15.9. The number of nitrogens with zero attached hydrogens (tertiary/aromatic N) is 1. The average Bonchev–Trinajstić information content (AvgIpc) is 2.11. The highest BCUT2D eigenvalue weighted by Crippen LogP contribution is 1.97.